The molecule has 0 amide bonds. The van der Waals surface area contributed by atoms with Crippen LogP contribution in [0.1, 0.15) is 25.8 Å². The second-order valence-corrected chi connectivity index (χ2v) is 12.0. The van der Waals surface area contributed by atoms with Gasteiger partial charge in [0.05, 0.1) is 27.6 Å². The van der Waals surface area contributed by atoms with Gasteiger partial charge in [0.2, 0.25) is 0 Å². The first-order valence-corrected chi connectivity index (χ1v) is 15.9. The highest BCUT2D eigenvalue weighted by atomic mass is 15.0. The van der Waals surface area contributed by atoms with Crippen molar-refractivity contribution in [3.8, 4) is 16.8 Å². The van der Waals surface area contributed by atoms with E-state index in [2.05, 4.69) is 168 Å². The maximum Gasteiger partial charge on any atom is 0.0620 e. The van der Waals surface area contributed by atoms with Crippen molar-refractivity contribution in [2.45, 2.75) is 20.3 Å². The molecule has 2 heteroatoms. The van der Waals surface area contributed by atoms with E-state index in [0.29, 0.717) is 0 Å². The topological polar surface area (TPSA) is 9.34 Å². The fourth-order valence-electron chi connectivity index (χ4n) is 7.53. The Balaban J connectivity index is 1.26. The molecule has 9 rings (SSSR count). The zero-order chi connectivity index (χ0) is 30.1. The Labute approximate surface area is 262 Å². The van der Waals surface area contributed by atoms with E-state index >= 15 is 0 Å². The molecule has 2 nitrogen and oxygen atoms in total. The van der Waals surface area contributed by atoms with Crippen molar-refractivity contribution in [2.75, 3.05) is 0 Å². The molecule has 0 aliphatic carbocycles. The molecule has 0 atom stereocenters. The van der Waals surface area contributed by atoms with Crippen molar-refractivity contribution in [3.05, 3.63) is 151 Å². The minimum Gasteiger partial charge on any atom is -0.309 e. The molecule has 45 heavy (non-hydrogen) atoms. The Kier molecular flexibility index (Phi) is 5.73. The highest BCUT2D eigenvalue weighted by Crippen LogP contribution is 2.42. The summed E-state index contributed by atoms with van der Waals surface area (Å²) in [5, 5.41) is 7.77. The maximum atomic E-state index is 2.45. The Hall–Kier alpha value is -5.60. The van der Waals surface area contributed by atoms with Crippen molar-refractivity contribution in [1.29, 1.82) is 0 Å². The van der Waals surface area contributed by atoms with Crippen molar-refractivity contribution >= 4 is 65.5 Å². The number of rotatable bonds is 5. The molecule has 0 radical (unpaired) electrons. The lowest BCUT2D eigenvalue weighted by Gasteiger charge is -2.10. The summed E-state index contributed by atoms with van der Waals surface area (Å²) in [5.74, 6) is 0. The minimum atomic E-state index is 1.01. The van der Waals surface area contributed by atoms with Crippen LogP contribution in [0.2, 0.25) is 0 Å². The van der Waals surface area contributed by atoms with Gasteiger partial charge in [-0.3, -0.25) is 0 Å². The fraction of sp³-hybridized carbons (Fsp3) is 0.0698. The van der Waals surface area contributed by atoms with Crippen molar-refractivity contribution in [1.82, 2.24) is 8.97 Å². The van der Waals surface area contributed by atoms with Gasteiger partial charge in [0.25, 0.3) is 0 Å². The van der Waals surface area contributed by atoms with E-state index in [1.54, 1.807) is 0 Å². The van der Waals surface area contributed by atoms with Crippen LogP contribution in [-0.2, 0) is 0 Å². The summed E-state index contributed by atoms with van der Waals surface area (Å²) in [4.78, 5) is 0. The smallest absolute Gasteiger partial charge is 0.0620 e. The molecule has 0 aliphatic rings. The van der Waals surface area contributed by atoms with E-state index < -0.39 is 0 Å². The number of allylic oxidation sites excluding steroid dienone is 4. The Morgan fingerprint density at radius 3 is 1.73 bits per heavy atom. The van der Waals surface area contributed by atoms with Gasteiger partial charge in [0.15, 0.2) is 0 Å². The Morgan fingerprint density at radius 1 is 0.556 bits per heavy atom. The van der Waals surface area contributed by atoms with Crippen LogP contribution in [0.25, 0.3) is 82.3 Å². The molecule has 6 aromatic carbocycles. The number of aromatic nitrogens is 2. The quantitative estimate of drug-likeness (QED) is 0.180. The van der Waals surface area contributed by atoms with Gasteiger partial charge in [-0.05, 0) is 90.2 Å². The summed E-state index contributed by atoms with van der Waals surface area (Å²) in [6.45, 7) is 4.27. The van der Waals surface area contributed by atoms with E-state index in [9.17, 15) is 0 Å². The standard InChI is InChI=1S/C43H32N2/c1-3-11-28(12-4-2)29-19-22-32(23-20-29)44-39-16-8-5-13-33(39)36-25-30(21-24-42(36)44)31-26-37-34-14-6-9-17-40(34)45-41-18-10-7-15-35(41)38(27-31)43(37)45/h3,5-27H,4H2,1-2H3/b11-3-,28-12+. The first-order valence-electron chi connectivity index (χ1n) is 15.9. The minimum absolute atomic E-state index is 1.01. The van der Waals surface area contributed by atoms with Gasteiger partial charge in [-0.25, -0.2) is 0 Å². The number of benzene rings is 6. The van der Waals surface area contributed by atoms with Gasteiger partial charge in [-0.15, -0.1) is 0 Å². The zero-order valence-corrected chi connectivity index (χ0v) is 25.5. The number of para-hydroxylation sites is 3. The van der Waals surface area contributed by atoms with E-state index in [4.69, 9.17) is 0 Å². The third-order valence-corrected chi connectivity index (χ3v) is 9.44. The second kappa shape index (κ2) is 9.97. The van der Waals surface area contributed by atoms with Crippen LogP contribution in [0.3, 0.4) is 0 Å². The summed E-state index contributed by atoms with van der Waals surface area (Å²) >= 11 is 0. The predicted octanol–water partition coefficient (Wildman–Crippen LogP) is 12.0. The largest absolute Gasteiger partial charge is 0.309 e. The summed E-state index contributed by atoms with van der Waals surface area (Å²) in [6, 6.07) is 47.2. The summed E-state index contributed by atoms with van der Waals surface area (Å²) < 4.78 is 4.85. The van der Waals surface area contributed by atoms with Crippen LogP contribution in [0.15, 0.2) is 146 Å². The molecule has 0 N–H and O–H groups in total. The molecule has 0 bridgehead atoms. The molecule has 9 aromatic rings. The normalized spacial score (nSPS) is 12.8. The van der Waals surface area contributed by atoms with Crippen LogP contribution >= 0.6 is 0 Å². The second-order valence-electron chi connectivity index (χ2n) is 12.0. The molecule has 214 valence electrons. The summed E-state index contributed by atoms with van der Waals surface area (Å²) in [7, 11) is 0. The SMILES string of the molecule is C/C=C\C(=C/CC)c1ccc(-n2c3ccccc3c3cc(-c4cc5c6ccccc6n6c7ccccc7c(c4)c56)ccc32)cc1. The lowest BCUT2D eigenvalue weighted by Crippen LogP contribution is -1.94. The van der Waals surface area contributed by atoms with Crippen LogP contribution in [0, 0.1) is 0 Å². The number of nitrogens with zero attached hydrogens (tertiary/aromatic N) is 2. The van der Waals surface area contributed by atoms with Gasteiger partial charge in [-0.1, -0.05) is 97.9 Å². The molecule has 0 spiro atoms. The van der Waals surface area contributed by atoms with Gasteiger partial charge >= 0.3 is 0 Å². The van der Waals surface area contributed by atoms with Crippen LogP contribution < -0.4 is 0 Å². The van der Waals surface area contributed by atoms with E-state index in [0.717, 1.165) is 6.42 Å². The van der Waals surface area contributed by atoms with Gasteiger partial charge in [0, 0.05) is 38.0 Å². The number of fused-ring (bicyclic) bond motifs is 9. The molecule has 3 heterocycles. The number of hydrogen-bond donors (Lipinski definition) is 0. The predicted molar refractivity (Wildman–Crippen MR) is 194 cm³/mol. The fourth-order valence-corrected chi connectivity index (χ4v) is 7.53. The van der Waals surface area contributed by atoms with Gasteiger partial charge < -0.3 is 8.97 Å². The van der Waals surface area contributed by atoms with Crippen molar-refractivity contribution < 1.29 is 0 Å². The van der Waals surface area contributed by atoms with Crippen LogP contribution in [-0.4, -0.2) is 8.97 Å². The summed E-state index contributed by atoms with van der Waals surface area (Å²) in [5.41, 5.74) is 12.5. The molecular weight excluding hydrogens is 544 g/mol. The van der Waals surface area contributed by atoms with Crippen LogP contribution in [0.5, 0.6) is 0 Å². The van der Waals surface area contributed by atoms with E-state index in [1.165, 1.54) is 87.9 Å². The molecule has 0 unspecified atom stereocenters. The average molecular weight is 577 g/mol. The maximum absolute atomic E-state index is 2.45. The molecule has 0 aliphatic heterocycles. The van der Waals surface area contributed by atoms with Crippen molar-refractivity contribution in [3.63, 3.8) is 0 Å². The summed E-state index contributed by atoms with van der Waals surface area (Å²) in [6.07, 6.45) is 7.61. The first-order chi connectivity index (χ1) is 22.2. The highest BCUT2D eigenvalue weighted by molar-refractivity contribution is 6.24. The third kappa shape index (κ3) is 3.76. The lowest BCUT2D eigenvalue weighted by atomic mass is 9.98. The van der Waals surface area contributed by atoms with Gasteiger partial charge in [-0.2, -0.15) is 0 Å². The molecular formula is C43H32N2. The highest BCUT2D eigenvalue weighted by Gasteiger charge is 2.19. The van der Waals surface area contributed by atoms with E-state index in [-0.39, 0.29) is 0 Å². The molecule has 0 saturated carbocycles. The Morgan fingerprint density at radius 2 is 1.11 bits per heavy atom. The molecule has 0 fully saturated rings. The van der Waals surface area contributed by atoms with Gasteiger partial charge in [0.1, 0.15) is 0 Å². The third-order valence-electron chi connectivity index (χ3n) is 9.44. The zero-order valence-electron chi connectivity index (χ0n) is 25.5. The average Bonchev–Trinajstić information content (AvgIpc) is 3.73. The van der Waals surface area contributed by atoms with Crippen LogP contribution in [0.4, 0.5) is 0 Å². The molecule has 0 saturated heterocycles. The Bertz CT molecular complexity index is 2540. The molecule has 3 aromatic heterocycles. The monoisotopic (exact) mass is 576 g/mol. The number of hydrogen-bond acceptors (Lipinski definition) is 0. The lowest BCUT2D eigenvalue weighted by molar-refractivity contribution is 1.18. The van der Waals surface area contributed by atoms with E-state index in [1.807, 2.05) is 0 Å². The van der Waals surface area contributed by atoms with Crippen molar-refractivity contribution in [2.24, 2.45) is 0 Å². The first kappa shape index (κ1) is 25.9.